The van der Waals surface area contributed by atoms with E-state index in [9.17, 15) is 13.2 Å². The van der Waals surface area contributed by atoms with E-state index in [1.54, 1.807) is 6.92 Å². The van der Waals surface area contributed by atoms with Crippen LogP contribution in [0.5, 0.6) is 0 Å². The van der Waals surface area contributed by atoms with Gasteiger partial charge in [-0.25, -0.2) is 8.42 Å². The predicted molar refractivity (Wildman–Crippen MR) is 70.0 cm³/mol. The van der Waals surface area contributed by atoms with Crippen molar-refractivity contribution >= 4 is 16.0 Å². The quantitative estimate of drug-likeness (QED) is 0.694. The lowest BCUT2D eigenvalue weighted by molar-refractivity contribution is -0.137. The Hall–Kier alpha value is -1.49. The smallest absolute Gasteiger partial charge is 0.325 e. The Morgan fingerprint density at radius 1 is 1.57 bits per heavy atom. The van der Waals surface area contributed by atoms with Gasteiger partial charge in [0.2, 0.25) is 10.0 Å². The number of aromatic nitrogens is 2. The topological polar surface area (TPSA) is 122 Å². The lowest BCUT2D eigenvalue weighted by Crippen LogP contribution is -2.51. The van der Waals surface area contributed by atoms with Crippen molar-refractivity contribution in [3.63, 3.8) is 0 Å². The molecule has 2 atom stereocenters. The fraction of sp³-hybridized carbons (Fsp3) is 0.636. The van der Waals surface area contributed by atoms with Gasteiger partial charge in [0.25, 0.3) is 0 Å². The van der Waals surface area contributed by atoms with Crippen molar-refractivity contribution in [2.75, 3.05) is 19.8 Å². The molecule has 2 heterocycles. The molecule has 21 heavy (non-hydrogen) atoms. The molecule has 0 spiro atoms. The van der Waals surface area contributed by atoms with Crippen molar-refractivity contribution in [1.82, 2.24) is 14.1 Å². The van der Waals surface area contributed by atoms with Gasteiger partial charge in [-0.3, -0.25) is 9.48 Å². The number of aliphatic hydroxyl groups is 1. The van der Waals surface area contributed by atoms with E-state index in [2.05, 4.69) is 5.10 Å². The van der Waals surface area contributed by atoms with Crippen molar-refractivity contribution < 1.29 is 28.2 Å². The molecule has 1 aliphatic rings. The number of morpholine rings is 1. The summed E-state index contributed by atoms with van der Waals surface area (Å²) >= 11 is 0. The molecule has 0 saturated carbocycles. The average Bonchev–Trinajstić information content (AvgIpc) is 2.87. The Morgan fingerprint density at radius 3 is 2.90 bits per heavy atom. The summed E-state index contributed by atoms with van der Waals surface area (Å²) in [5.74, 6) is -1.11. The zero-order chi connectivity index (χ0) is 15.6. The molecule has 1 aromatic heterocycles. The zero-order valence-electron chi connectivity index (χ0n) is 11.4. The highest BCUT2D eigenvalue weighted by Crippen LogP contribution is 2.22. The van der Waals surface area contributed by atoms with Crippen molar-refractivity contribution in [2.24, 2.45) is 0 Å². The second kappa shape index (κ2) is 6.10. The van der Waals surface area contributed by atoms with E-state index >= 15 is 0 Å². The van der Waals surface area contributed by atoms with E-state index in [0.717, 1.165) is 10.9 Å². The molecule has 0 radical (unpaired) electrons. The molecule has 118 valence electrons. The summed E-state index contributed by atoms with van der Waals surface area (Å²) in [5, 5.41) is 21.5. The number of aliphatic hydroxyl groups excluding tert-OH is 1. The molecule has 0 aliphatic carbocycles. The van der Waals surface area contributed by atoms with E-state index in [-0.39, 0.29) is 30.7 Å². The van der Waals surface area contributed by atoms with Gasteiger partial charge in [0.1, 0.15) is 11.4 Å². The maximum atomic E-state index is 12.5. The summed E-state index contributed by atoms with van der Waals surface area (Å²) in [6.45, 7) is 1.26. The van der Waals surface area contributed by atoms with Crippen LogP contribution >= 0.6 is 0 Å². The van der Waals surface area contributed by atoms with Crippen molar-refractivity contribution in [3.8, 4) is 0 Å². The Kier molecular flexibility index (Phi) is 4.61. The maximum Gasteiger partial charge on any atom is 0.325 e. The third kappa shape index (κ3) is 3.40. The third-order valence-electron chi connectivity index (χ3n) is 3.17. The summed E-state index contributed by atoms with van der Waals surface area (Å²) < 4.78 is 32.7. The van der Waals surface area contributed by atoms with E-state index in [0.29, 0.717) is 0 Å². The lowest BCUT2D eigenvalue weighted by Gasteiger charge is -2.35. The minimum absolute atomic E-state index is 0.0457. The average molecular weight is 319 g/mol. The molecular weight excluding hydrogens is 302 g/mol. The fourth-order valence-corrected chi connectivity index (χ4v) is 3.68. The van der Waals surface area contributed by atoms with Gasteiger partial charge < -0.3 is 14.9 Å². The molecule has 2 rings (SSSR count). The Morgan fingerprint density at radius 2 is 2.29 bits per heavy atom. The van der Waals surface area contributed by atoms with Crippen LogP contribution in [0.15, 0.2) is 17.3 Å². The molecule has 1 saturated heterocycles. The molecular formula is C11H17N3O6S. The number of aliphatic carboxylic acids is 1. The number of ether oxygens (including phenoxy) is 1. The summed E-state index contributed by atoms with van der Waals surface area (Å²) in [6.07, 6.45) is 1.73. The first-order valence-electron chi connectivity index (χ1n) is 6.33. The number of carboxylic acids is 1. The molecule has 0 bridgehead atoms. The van der Waals surface area contributed by atoms with Crippen LogP contribution in [-0.4, -0.2) is 70.6 Å². The van der Waals surface area contributed by atoms with Crippen LogP contribution in [0.1, 0.15) is 6.92 Å². The zero-order valence-corrected chi connectivity index (χ0v) is 12.2. The Balaban J connectivity index is 2.23. The molecule has 1 aromatic rings. The molecule has 0 amide bonds. The molecule has 0 aromatic carbocycles. The summed E-state index contributed by atoms with van der Waals surface area (Å²) in [5.41, 5.74) is 0. The Bertz CT molecular complexity index is 613. The minimum atomic E-state index is -3.80. The maximum absolute atomic E-state index is 12.5. The number of rotatable bonds is 5. The van der Waals surface area contributed by atoms with Crippen LogP contribution in [0.2, 0.25) is 0 Å². The van der Waals surface area contributed by atoms with Gasteiger partial charge in [-0.05, 0) is 6.92 Å². The molecule has 9 nitrogen and oxygen atoms in total. The number of hydrogen-bond acceptors (Lipinski definition) is 6. The first-order valence-corrected chi connectivity index (χ1v) is 7.77. The third-order valence-corrected chi connectivity index (χ3v) is 5.10. The SMILES string of the molecule is CC1COC(CO)CN1S(=O)(=O)c1cnn(CC(=O)O)c1. The summed E-state index contributed by atoms with van der Waals surface area (Å²) in [7, 11) is -3.80. The van der Waals surface area contributed by atoms with Crippen LogP contribution in [-0.2, 0) is 26.1 Å². The Labute approximate surface area is 121 Å². The van der Waals surface area contributed by atoms with Crippen molar-refractivity contribution in [1.29, 1.82) is 0 Å². The molecule has 1 aliphatic heterocycles. The van der Waals surface area contributed by atoms with Gasteiger partial charge in [-0.2, -0.15) is 9.40 Å². The highest BCUT2D eigenvalue weighted by atomic mass is 32.2. The predicted octanol–water partition coefficient (Wildman–Crippen LogP) is -1.26. The number of carbonyl (C=O) groups is 1. The van der Waals surface area contributed by atoms with Crippen LogP contribution in [0.3, 0.4) is 0 Å². The van der Waals surface area contributed by atoms with E-state index in [1.165, 1.54) is 10.5 Å². The minimum Gasteiger partial charge on any atom is -0.480 e. The lowest BCUT2D eigenvalue weighted by atomic mass is 10.2. The van der Waals surface area contributed by atoms with Crippen LogP contribution in [0.4, 0.5) is 0 Å². The van der Waals surface area contributed by atoms with E-state index < -0.39 is 28.6 Å². The van der Waals surface area contributed by atoms with Crippen molar-refractivity contribution in [3.05, 3.63) is 12.4 Å². The number of nitrogens with zero attached hydrogens (tertiary/aromatic N) is 3. The molecule has 10 heteroatoms. The first kappa shape index (κ1) is 15.9. The van der Waals surface area contributed by atoms with Gasteiger partial charge in [0.15, 0.2) is 0 Å². The van der Waals surface area contributed by atoms with Crippen LogP contribution < -0.4 is 0 Å². The van der Waals surface area contributed by atoms with Gasteiger partial charge >= 0.3 is 5.97 Å². The summed E-state index contributed by atoms with van der Waals surface area (Å²) in [6, 6.07) is -0.374. The van der Waals surface area contributed by atoms with Gasteiger partial charge in [-0.15, -0.1) is 0 Å². The molecule has 2 N–H and O–H groups in total. The normalized spacial score (nSPS) is 24.1. The first-order chi connectivity index (χ1) is 9.84. The highest BCUT2D eigenvalue weighted by Gasteiger charge is 2.36. The standard InChI is InChI=1S/C11H17N3O6S/c1-8-7-20-9(6-15)3-14(8)21(18,19)10-2-12-13(4-10)5-11(16)17/h2,4,8-9,15H,3,5-7H2,1H3,(H,16,17). The van der Waals surface area contributed by atoms with Crippen LogP contribution in [0, 0.1) is 0 Å². The molecule has 2 unspecified atom stereocenters. The monoisotopic (exact) mass is 319 g/mol. The molecule has 1 fully saturated rings. The van der Waals surface area contributed by atoms with Crippen LogP contribution in [0.25, 0.3) is 0 Å². The number of carboxylic acid groups (broad SMARTS) is 1. The van der Waals surface area contributed by atoms with E-state index in [4.69, 9.17) is 14.9 Å². The van der Waals surface area contributed by atoms with Gasteiger partial charge in [0, 0.05) is 18.8 Å². The van der Waals surface area contributed by atoms with Crippen molar-refractivity contribution in [2.45, 2.75) is 30.5 Å². The number of sulfonamides is 1. The largest absolute Gasteiger partial charge is 0.480 e. The number of hydrogen-bond donors (Lipinski definition) is 2. The summed E-state index contributed by atoms with van der Waals surface area (Å²) in [4.78, 5) is 10.5. The van der Waals surface area contributed by atoms with E-state index in [1.807, 2.05) is 0 Å². The van der Waals surface area contributed by atoms with Gasteiger partial charge in [-0.1, -0.05) is 0 Å². The van der Waals surface area contributed by atoms with Gasteiger partial charge in [0.05, 0.1) is 25.5 Å². The highest BCUT2D eigenvalue weighted by molar-refractivity contribution is 7.89. The second-order valence-corrected chi connectivity index (χ2v) is 6.72. The second-order valence-electron chi connectivity index (χ2n) is 4.83. The fourth-order valence-electron chi connectivity index (χ4n) is 2.08.